The second kappa shape index (κ2) is 6.16. The molecule has 1 aromatic carbocycles. The molecule has 1 saturated heterocycles. The normalized spacial score (nSPS) is 14.2. The van der Waals surface area contributed by atoms with Gasteiger partial charge in [0.15, 0.2) is 5.82 Å². The van der Waals surface area contributed by atoms with Crippen LogP contribution in [0.4, 0.5) is 5.82 Å². The zero-order valence-corrected chi connectivity index (χ0v) is 15.6. The van der Waals surface area contributed by atoms with Crippen LogP contribution in [0.25, 0.3) is 16.9 Å². The van der Waals surface area contributed by atoms with Crippen molar-refractivity contribution in [3.8, 4) is 11.9 Å². The number of nitriles is 1. The summed E-state index contributed by atoms with van der Waals surface area (Å²) in [5.74, 6) is 3.68. The molecular formula is C20H18N8. The zero-order valence-electron chi connectivity index (χ0n) is 15.6. The minimum Gasteiger partial charge on any atom is -0.355 e. The summed E-state index contributed by atoms with van der Waals surface area (Å²) >= 11 is 0. The highest BCUT2D eigenvalue weighted by Gasteiger charge is 2.33. The molecule has 0 saturated carbocycles. The van der Waals surface area contributed by atoms with E-state index in [-0.39, 0.29) is 0 Å². The van der Waals surface area contributed by atoms with Gasteiger partial charge in [0.2, 0.25) is 0 Å². The van der Waals surface area contributed by atoms with E-state index in [9.17, 15) is 0 Å². The Morgan fingerprint density at radius 2 is 1.89 bits per heavy atom. The summed E-state index contributed by atoms with van der Waals surface area (Å²) < 4.78 is 3.79. The molecule has 0 unspecified atom stereocenters. The molecule has 138 valence electrons. The number of aryl methyl sites for hydroxylation is 2. The zero-order chi connectivity index (χ0) is 19.3. The lowest BCUT2D eigenvalue weighted by molar-refractivity contribution is 0.485. The summed E-state index contributed by atoms with van der Waals surface area (Å²) in [5, 5.41) is 13.2. The van der Waals surface area contributed by atoms with Crippen molar-refractivity contribution in [1.29, 1.82) is 5.26 Å². The number of nitrogens with zero attached hydrogens (tertiary/aromatic N) is 8. The first-order chi connectivity index (χ1) is 13.6. The number of benzene rings is 1. The molecule has 0 spiro atoms. The Morgan fingerprint density at radius 1 is 1.11 bits per heavy atom. The van der Waals surface area contributed by atoms with Crippen molar-refractivity contribution in [2.24, 2.45) is 7.05 Å². The topological polar surface area (TPSA) is 88.5 Å². The van der Waals surface area contributed by atoms with Crippen LogP contribution in [0.2, 0.25) is 0 Å². The van der Waals surface area contributed by atoms with Gasteiger partial charge >= 0.3 is 0 Å². The SMILES string of the molecule is Cc1nc(N2CC(c3nc4ccccc4n3C)C2)cc(-n2cc(C#N)cn2)n1. The predicted octanol–water partition coefficient (Wildman–Crippen LogP) is 2.33. The molecule has 5 rings (SSSR count). The van der Waals surface area contributed by atoms with E-state index in [1.807, 2.05) is 25.1 Å². The number of para-hydroxylation sites is 2. The van der Waals surface area contributed by atoms with Crippen LogP contribution in [-0.2, 0) is 7.05 Å². The fraction of sp³-hybridized carbons (Fsp3) is 0.250. The molecule has 4 aromatic rings. The third-order valence-electron chi connectivity index (χ3n) is 5.15. The maximum atomic E-state index is 9.00. The van der Waals surface area contributed by atoms with Gasteiger partial charge < -0.3 is 9.47 Å². The highest BCUT2D eigenvalue weighted by molar-refractivity contribution is 5.76. The van der Waals surface area contributed by atoms with Gasteiger partial charge in [0.1, 0.15) is 23.5 Å². The van der Waals surface area contributed by atoms with Crippen LogP contribution in [0, 0.1) is 18.3 Å². The lowest BCUT2D eigenvalue weighted by Crippen LogP contribution is -2.46. The molecule has 0 bridgehead atoms. The van der Waals surface area contributed by atoms with Crippen LogP contribution in [0.3, 0.4) is 0 Å². The fourth-order valence-corrected chi connectivity index (χ4v) is 3.68. The van der Waals surface area contributed by atoms with Gasteiger partial charge in [-0.3, -0.25) is 0 Å². The van der Waals surface area contributed by atoms with Gasteiger partial charge in [-0.25, -0.2) is 19.6 Å². The number of aromatic nitrogens is 6. The molecule has 4 heterocycles. The maximum absolute atomic E-state index is 9.00. The second-order valence-corrected chi connectivity index (χ2v) is 7.04. The average Bonchev–Trinajstić information content (AvgIpc) is 3.26. The highest BCUT2D eigenvalue weighted by atomic mass is 15.3. The van der Waals surface area contributed by atoms with Crippen molar-refractivity contribution in [3.63, 3.8) is 0 Å². The van der Waals surface area contributed by atoms with Gasteiger partial charge in [0.25, 0.3) is 0 Å². The Hall–Kier alpha value is -3.73. The van der Waals surface area contributed by atoms with Gasteiger partial charge in [-0.15, -0.1) is 0 Å². The summed E-state index contributed by atoms with van der Waals surface area (Å²) in [6.45, 7) is 3.58. The van der Waals surface area contributed by atoms with Gasteiger partial charge in [-0.05, 0) is 19.1 Å². The third kappa shape index (κ3) is 2.60. The van der Waals surface area contributed by atoms with E-state index >= 15 is 0 Å². The first-order valence-corrected chi connectivity index (χ1v) is 9.09. The summed E-state index contributed by atoms with van der Waals surface area (Å²) in [6, 6.07) is 12.2. The van der Waals surface area contributed by atoms with E-state index in [0.717, 1.165) is 35.8 Å². The van der Waals surface area contributed by atoms with Crippen molar-refractivity contribution >= 4 is 16.9 Å². The average molecular weight is 370 g/mol. The Labute approximate surface area is 161 Å². The maximum Gasteiger partial charge on any atom is 0.159 e. The molecule has 0 amide bonds. The van der Waals surface area contributed by atoms with Crippen LogP contribution in [0.15, 0.2) is 42.7 Å². The van der Waals surface area contributed by atoms with Crippen LogP contribution in [-0.4, -0.2) is 42.4 Å². The molecule has 1 aliphatic heterocycles. The summed E-state index contributed by atoms with van der Waals surface area (Å²) in [6.07, 6.45) is 3.20. The Bertz CT molecular complexity index is 1220. The number of hydrogen-bond acceptors (Lipinski definition) is 6. The van der Waals surface area contributed by atoms with Gasteiger partial charge in [-0.2, -0.15) is 10.4 Å². The lowest BCUT2D eigenvalue weighted by atomic mass is 9.99. The van der Waals surface area contributed by atoms with E-state index in [2.05, 4.69) is 49.8 Å². The number of anilines is 1. The standard InChI is InChI=1S/C20H18N8/c1-13-23-18(7-19(24-13)28-10-14(8-21)9-22-28)27-11-15(12-27)20-25-16-5-3-4-6-17(16)26(20)2/h3-7,9-10,15H,11-12H2,1-2H3. The van der Waals surface area contributed by atoms with Crippen molar-refractivity contribution in [2.45, 2.75) is 12.8 Å². The van der Waals surface area contributed by atoms with Crippen LogP contribution in [0.5, 0.6) is 0 Å². The highest BCUT2D eigenvalue weighted by Crippen LogP contribution is 2.32. The molecular weight excluding hydrogens is 352 g/mol. The van der Waals surface area contributed by atoms with E-state index in [0.29, 0.717) is 23.1 Å². The van der Waals surface area contributed by atoms with E-state index < -0.39 is 0 Å². The molecule has 0 aliphatic carbocycles. The minimum atomic E-state index is 0.367. The van der Waals surface area contributed by atoms with E-state index in [1.54, 1.807) is 10.9 Å². The van der Waals surface area contributed by atoms with Crippen molar-refractivity contribution < 1.29 is 0 Å². The summed E-state index contributed by atoms with van der Waals surface area (Å²) in [4.78, 5) is 16.1. The molecule has 0 N–H and O–H groups in total. The third-order valence-corrected chi connectivity index (χ3v) is 5.15. The second-order valence-electron chi connectivity index (χ2n) is 7.04. The molecule has 28 heavy (non-hydrogen) atoms. The molecule has 1 aliphatic rings. The molecule has 0 atom stereocenters. The van der Waals surface area contributed by atoms with Crippen LogP contribution < -0.4 is 4.90 Å². The van der Waals surface area contributed by atoms with Crippen molar-refractivity contribution in [2.75, 3.05) is 18.0 Å². The first kappa shape index (κ1) is 16.4. The van der Waals surface area contributed by atoms with Crippen LogP contribution >= 0.6 is 0 Å². The molecule has 8 nitrogen and oxygen atoms in total. The number of rotatable bonds is 3. The Morgan fingerprint density at radius 3 is 2.64 bits per heavy atom. The van der Waals surface area contributed by atoms with Crippen LogP contribution in [0.1, 0.15) is 23.1 Å². The van der Waals surface area contributed by atoms with Gasteiger partial charge in [0.05, 0.1) is 34.9 Å². The number of hydrogen-bond donors (Lipinski definition) is 0. The van der Waals surface area contributed by atoms with Crippen molar-refractivity contribution in [1.82, 2.24) is 29.3 Å². The van der Waals surface area contributed by atoms with Gasteiger partial charge in [-0.1, -0.05) is 12.1 Å². The van der Waals surface area contributed by atoms with Crippen molar-refractivity contribution in [3.05, 3.63) is 59.9 Å². The predicted molar refractivity (Wildman–Crippen MR) is 104 cm³/mol. The number of imidazole rings is 1. The Kier molecular flexibility index (Phi) is 3.62. The quantitative estimate of drug-likeness (QED) is 0.550. The molecule has 1 fully saturated rings. The van der Waals surface area contributed by atoms with E-state index in [4.69, 9.17) is 10.2 Å². The smallest absolute Gasteiger partial charge is 0.159 e. The lowest BCUT2D eigenvalue weighted by Gasteiger charge is -2.39. The summed E-state index contributed by atoms with van der Waals surface area (Å²) in [7, 11) is 2.07. The molecule has 0 radical (unpaired) electrons. The van der Waals surface area contributed by atoms with Gasteiger partial charge in [0, 0.05) is 26.2 Å². The molecule has 3 aromatic heterocycles. The Balaban J connectivity index is 1.40. The fourth-order valence-electron chi connectivity index (χ4n) is 3.68. The largest absolute Gasteiger partial charge is 0.355 e. The van der Waals surface area contributed by atoms with E-state index in [1.165, 1.54) is 6.20 Å². The number of fused-ring (bicyclic) bond motifs is 1. The monoisotopic (exact) mass is 370 g/mol. The summed E-state index contributed by atoms with van der Waals surface area (Å²) in [5.41, 5.74) is 2.69. The minimum absolute atomic E-state index is 0.367. The molecule has 8 heteroatoms. The first-order valence-electron chi connectivity index (χ1n) is 9.09.